The highest BCUT2D eigenvalue weighted by molar-refractivity contribution is 5.79. The van der Waals surface area contributed by atoms with E-state index in [0.717, 1.165) is 43.3 Å². The zero-order valence-corrected chi connectivity index (χ0v) is 15.7. The summed E-state index contributed by atoms with van der Waals surface area (Å²) in [6.07, 6.45) is 5.76. The van der Waals surface area contributed by atoms with Crippen LogP contribution in [0.1, 0.15) is 57.1 Å². The molecule has 1 aliphatic heterocycles. The Morgan fingerprint density at radius 3 is 2.79 bits per heavy atom. The van der Waals surface area contributed by atoms with E-state index < -0.39 is 0 Å². The second kappa shape index (κ2) is 9.67. The molecule has 1 aromatic rings. The van der Waals surface area contributed by atoms with Crippen molar-refractivity contribution in [2.24, 2.45) is 4.99 Å². The van der Waals surface area contributed by atoms with Gasteiger partial charge in [0.25, 0.3) is 0 Å². The SMILES string of the molecule is CCc1noc(CC)c1CNC(=NC)NCCN1CCCCC1C. The Hall–Kier alpha value is -1.56. The lowest BCUT2D eigenvalue weighted by molar-refractivity contribution is 0.163. The lowest BCUT2D eigenvalue weighted by Crippen LogP contribution is -2.45. The summed E-state index contributed by atoms with van der Waals surface area (Å²) in [7, 11) is 1.81. The molecule has 6 heteroatoms. The van der Waals surface area contributed by atoms with Crippen molar-refractivity contribution in [1.29, 1.82) is 0 Å². The maximum atomic E-state index is 5.42. The minimum absolute atomic E-state index is 0.701. The van der Waals surface area contributed by atoms with Gasteiger partial charge >= 0.3 is 0 Å². The highest BCUT2D eigenvalue weighted by Crippen LogP contribution is 2.16. The van der Waals surface area contributed by atoms with Gasteiger partial charge in [-0.15, -0.1) is 0 Å². The standard InChI is InChI=1S/C18H33N5O/c1-5-16-15(17(6-2)24-22-16)13-21-18(19-4)20-10-12-23-11-8-7-9-14(23)3/h14H,5-13H2,1-4H3,(H2,19,20,21). The fourth-order valence-electron chi connectivity index (χ4n) is 3.34. The Balaban J connectivity index is 1.79. The lowest BCUT2D eigenvalue weighted by Gasteiger charge is -2.33. The van der Waals surface area contributed by atoms with E-state index in [9.17, 15) is 0 Å². The summed E-state index contributed by atoms with van der Waals surface area (Å²) in [6.45, 7) is 10.4. The minimum Gasteiger partial charge on any atom is -0.361 e. The van der Waals surface area contributed by atoms with Crippen LogP contribution in [0.2, 0.25) is 0 Å². The molecular formula is C18H33N5O. The van der Waals surface area contributed by atoms with Crippen molar-refractivity contribution in [2.75, 3.05) is 26.7 Å². The summed E-state index contributed by atoms with van der Waals surface area (Å²) in [5.74, 6) is 1.81. The molecule has 0 aliphatic carbocycles. The van der Waals surface area contributed by atoms with Gasteiger partial charge in [-0.05, 0) is 32.7 Å². The third-order valence-corrected chi connectivity index (χ3v) is 4.90. The largest absolute Gasteiger partial charge is 0.361 e. The van der Waals surface area contributed by atoms with Crippen molar-refractivity contribution in [3.63, 3.8) is 0 Å². The maximum Gasteiger partial charge on any atom is 0.191 e. The molecule has 1 aromatic heterocycles. The minimum atomic E-state index is 0.701. The van der Waals surface area contributed by atoms with Gasteiger partial charge in [-0.1, -0.05) is 25.4 Å². The van der Waals surface area contributed by atoms with Gasteiger partial charge in [0.05, 0.1) is 5.69 Å². The first-order valence-electron chi connectivity index (χ1n) is 9.34. The van der Waals surface area contributed by atoms with Gasteiger partial charge in [0.2, 0.25) is 0 Å². The Morgan fingerprint density at radius 1 is 1.29 bits per heavy atom. The van der Waals surface area contributed by atoms with Crippen LogP contribution in [0.5, 0.6) is 0 Å². The Morgan fingerprint density at radius 2 is 2.12 bits per heavy atom. The number of guanidine groups is 1. The third-order valence-electron chi connectivity index (χ3n) is 4.90. The van der Waals surface area contributed by atoms with Crippen molar-refractivity contribution >= 4 is 5.96 Å². The van der Waals surface area contributed by atoms with E-state index in [4.69, 9.17) is 4.52 Å². The number of rotatable bonds is 7. The van der Waals surface area contributed by atoms with E-state index in [1.54, 1.807) is 0 Å². The number of aryl methyl sites for hydroxylation is 2. The van der Waals surface area contributed by atoms with Gasteiger partial charge in [0.1, 0.15) is 5.76 Å². The Labute approximate surface area is 146 Å². The highest BCUT2D eigenvalue weighted by atomic mass is 16.5. The number of hydrogen-bond acceptors (Lipinski definition) is 4. The number of likely N-dealkylation sites (tertiary alicyclic amines) is 1. The van der Waals surface area contributed by atoms with Crippen LogP contribution in [0.15, 0.2) is 9.52 Å². The fourth-order valence-corrected chi connectivity index (χ4v) is 3.34. The molecule has 1 aliphatic rings. The normalized spacial score (nSPS) is 19.5. The van der Waals surface area contributed by atoms with Crippen molar-refractivity contribution in [2.45, 2.75) is 65.5 Å². The molecule has 2 heterocycles. The molecule has 1 fully saturated rings. The monoisotopic (exact) mass is 335 g/mol. The number of aliphatic imine (C=N–C) groups is 1. The van der Waals surface area contributed by atoms with Crippen LogP contribution in [0.25, 0.3) is 0 Å². The highest BCUT2D eigenvalue weighted by Gasteiger charge is 2.17. The molecule has 2 N–H and O–H groups in total. The van der Waals surface area contributed by atoms with Crippen LogP contribution in [-0.2, 0) is 19.4 Å². The molecule has 0 radical (unpaired) electrons. The summed E-state index contributed by atoms with van der Waals surface area (Å²) in [4.78, 5) is 6.89. The van der Waals surface area contributed by atoms with Gasteiger partial charge in [0, 0.05) is 44.7 Å². The van der Waals surface area contributed by atoms with Crippen molar-refractivity contribution < 1.29 is 4.52 Å². The molecule has 0 aromatic carbocycles. The third kappa shape index (κ3) is 4.97. The topological polar surface area (TPSA) is 65.7 Å². The molecule has 2 rings (SSSR count). The number of aromatic nitrogens is 1. The first-order chi connectivity index (χ1) is 11.7. The zero-order valence-electron chi connectivity index (χ0n) is 15.7. The predicted molar refractivity (Wildman–Crippen MR) is 98.3 cm³/mol. The van der Waals surface area contributed by atoms with Crippen molar-refractivity contribution in [1.82, 2.24) is 20.7 Å². The summed E-state index contributed by atoms with van der Waals surface area (Å²) in [6, 6.07) is 0.701. The smallest absolute Gasteiger partial charge is 0.191 e. The van der Waals surface area contributed by atoms with Crippen LogP contribution in [-0.4, -0.2) is 48.7 Å². The van der Waals surface area contributed by atoms with Crippen LogP contribution in [0.3, 0.4) is 0 Å². The van der Waals surface area contributed by atoms with Gasteiger partial charge in [-0.25, -0.2) is 0 Å². The molecule has 1 saturated heterocycles. The molecule has 0 saturated carbocycles. The summed E-state index contributed by atoms with van der Waals surface area (Å²) in [5, 5.41) is 11.0. The van der Waals surface area contributed by atoms with Crippen molar-refractivity contribution in [3.8, 4) is 0 Å². The quantitative estimate of drug-likeness (QED) is 0.591. The maximum absolute atomic E-state index is 5.42. The molecule has 0 bridgehead atoms. The average molecular weight is 335 g/mol. The van der Waals surface area contributed by atoms with Crippen LogP contribution < -0.4 is 10.6 Å². The number of piperidine rings is 1. The second-order valence-corrected chi connectivity index (χ2v) is 6.47. The van der Waals surface area contributed by atoms with Gasteiger partial charge in [0.15, 0.2) is 5.96 Å². The van der Waals surface area contributed by atoms with E-state index >= 15 is 0 Å². The Kier molecular flexibility index (Phi) is 7.56. The van der Waals surface area contributed by atoms with E-state index in [2.05, 4.69) is 46.5 Å². The number of hydrogen-bond donors (Lipinski definition) is 2. The molecule has 0 amide bonds. The number of nitrogens with one attached hydrogen (secondary N) is 2. The average Bonchev–Trinajstić information content (AvgIpc) is 3.01. The van der Waals surface area contributed by atoms with Crippen LogP contribution >= 0.6 is 0 Å². The van der Waals surface area contributed by atoms with Crippen LogP contribution in [0, 0.1) is 0 Å². The van der Waals surface area contributed by atoms with Gasteiger partial charge < -0.3 is 15.2 Å². The van der Waals surface area contributed by atoms with Crippen molar-refractivity contribution in [3.05, 3.63) is 17.0 Å². The molecular weight excluding hydrogens is 302 g/mol. The first-order valence-corrected chi connectivity index (χ1v) is 9.34. The second-order valence-electron chi connectivity index (χ2n) is 6.47. The molecule has 0 spiro atoms. The van der Waals surface area contributed by atoms with Crippen LogP contribution in [0.4, 0.5) is 0 Å². The zero-order chi connectivity index (χ0) is 17.4. The van der Waals surface area contributed by atoms with E-state index in [0.29, 0.717) is 12.6 Å². The molecule has 1 unspecified atom stereocenters. The predicted octanol–water partition coefficient (Wildman–Crippen LogP) is 2.34. The molecule has 136 valence electrons. The van der Waals surface area contributed by atoms with Gasteiger partial charge in [-0.3, -0.25) is 9.89 Å². The van der Waals surface area contributed by atoms with E-state index in [-0.39, 0.29) is 0 Å². The molecule has 1 atom stereocenters. The molecule has 24 heavy (non-hydrogen) atoms. The summed E-state index contributed by atoms with van der Waals surface area (Å²) >= 11 is 0. The van der Waals surface area contributed by atoms with Gasteiger partial charge in [-0.2, -0.15) is 0 Å². The van der Waals surface area contributed by atoms with E-state index in [1.807, 2.05) is 7.05 Å². The Bertz CT molecular complexity index is 504. The fraction of sp³-hybridized carbons (Fsp3) is 0.778. The lowest BCUT2D eigenvalue weighted by atomic mass is 10.0. The first kappa shape index (κ1) is 18.8. The van der Waals surface area contributed by atoms with E-state index in [1.165, 1.54) is 31.4 Å². The summed E-state index contributed by atoms with van der Waals surface area (Å²) < 4.78 is 5.42. The summed E-state index contributed by atoms with van der Waals surface area (Å²) in [5.41, 5.74) is 2.21. The number of nitrogens with zero attached hydrogens (tertiary/aromatic N) is 3. The molecule has 6 nitrogen and oxygen atoms in total.